The monoisotopic (exact) mass is 448 g/mol. The highest BCUT2D eigenvalue weighted by atomic mass is 32.2. The van der Waals surface area contributed by atoms with Gasteiger partial charge in [-0.3, -0.25) is 9.59 Å². The summed E-state index contributed by atoms with van der Waals surface area (Å²) in [6.07, 6.45) is 0.444. The van der Waals surface area contributed by atoms with Crippen LogP contribution in [0.2, 0.25) is 0 Å². The van der Waals surface area contributed by atoms with Crippen LogP contribution in [0.25, 0.3) is 0 Å². The van der Waals surface area contributed by atoms with Crippen molar-refractivity contribution in [1.29, 1.82) is 0 Å². The molecule has 7 heteroatoms. The maximum atomic E-state index is 13.5. The number of carbonyl (C=O) groups excluding carboxylic acids is 2. The number of sulfone groups is 1. The molecule has 0 unspecified atom stereocenters. The lowest BCUT2D eigenvalue weighted by molar-refractivity contribution is -0.123. The average molecular weight is 449 g/mol. The zero-order valence-electron chi connectivity index (χ0n) is 17.5. The SMILES string of the molecule is O=C(CN1C(=O)C[C@@H](c2ccccc2)S(=O)(=O)c2ccccc21)NCCc1ccccc1. The van der Waals surface area contributed by atoms with Crippen molar-refractivity contribution in [2.45, 2.75) is 23.0 Å². The van der Waals surface area contributed by atoms with Crippen molar-refractivity contribution < 1.29 is 18.0 Å². The lowest BCUT2D eigenvalue weighted by atomic mass is 10.1. The Morgan fingerprint density at radius 1 is 0.906 bits per heavy atom. The molecule has 1 heterocycles. The first-order valence-electron chi connectivity index (χ1n) is 10.5. The first-order chi connectivity index (χ1) is 15.5. The largest absolute Gasteiger partial charge is 0.354 e. The quantitative estimate of drug-likeness (QED) is 0.627. The number of benzene rings is 3. The molecule has 0 bridgehead atoms. The molecule has 2 amide bonds. The van der Waals surface area contributed by atoms with Gasteiger partial charge in [-0.1, -0.05) is 72.8 Å². The third-order valence-corrected chi connectivity index (χ3v) is 7.70. The number of rotatable bonds is 6. The van der Waals surface area contributed by atoms with Gasteiger partial charge >= 0.3 is 0 Å². The van der Waals surface area contributed by atoms with Crippen molar-refractivity contribution in [2.75, 3.05) is 18.0 Å². The predicted octanol–water partition coefficient (Wildman–Crippen LogP) is 3.30. The summed E-state index contributed by atoms with van der Waals surface area (Å²) in [5, 5.41) is 1.83. The van der Waals surface area contributed by atoms with E-state index in [1.807, 2.05) is 30.3 Å². The molecule has 1 aliphatic heterocycles. The van der Waals surface area contributed by atoms with Crippen molar-refractivity contribution in [2.24, 2.45) is 0 Å². The number of nitrogens with one attached hydrogen (secondary N) is 1. The van der Waals surface area contributed by atoms with Crippen molar-refractivity contribution in [3.05, 3.63) is 96.1 Å². The van der Waals surface area contributed by atoms with Crippen LogP contribution in [0.5, 0.6) is 0 Å². The Labute approximate surface area is 187 Å². The first-order valence-corrected chi connectivity index (χ1v) is 12.0. The van der Waals surface area contributed by atoms with E-state index in [-0.39, 0.29) is 29.5 Å². The molecule has 0 fully saturated rings. The first kappa shape index (κ1) is 21.8. The highest BCUT2D eigenvalue weighted by Crippen LogP contribution is 2.40. The van der Waals surface area contributed by atoms with Gasteiger partial charge in [0.25, 0.3) is 0 Å². The summed E-state index contributed by atoms with van der Waals surface area (Å²) < 4.78 is 26.9. The molecule has 164 valence electrons. The van der Waals surface area contributed by atoms with E-state index in [4.69, 9.17) is 0 Å². The minimum Gasteiger partial charge on any atom is -0.354 e. The normalized spacial score (nSPS) is 17.3. The molecule has 1 N–H and O–H groups in total. The molecule has 3 aromatic rings. The summed E-state index contributed by atoms with van der Waals surface area (Å²) in [4.78, 5) is 27.1. The van der Waals surface area contributed by atoms with Gasteiger partial charge in [-0.05, 0) is 29.7 Å². The molecule has 0 saturated carbocycles. The Morgan fingerprint density at radius 3 is 2.25 bits per heavy atom. The molecule has 6 nitrogen and oxygen atoms in total. The van der Waals surface area contributed by atoms with Crippen LogP contribution in [0.3, 0.4) is 0 Å². The molecule has 1 aliphatic rings. The predicted molar refractivity (Wildman–Crippen MR) is 123 cm³/mol. The van der Waals surface area contributed by atoms with Crippen LogP contribution in [0, 0.1) is 0 Å². The zero-order valence-corrected chi connectivity index (χ0v) is 18.3. The van der Waals surface area contributed by atoms with E-state index in [0.717, 1.165) is 5.56 Å². The van der Waals surface area contributed by atoms with Gasteiger partial charge in [0.15, 0.2) is 9.84 Å². The Bertz CT molecular complexity index is 1210. The number of carbonyl (C=O) groups is 2. The molecule has 0 radical (unpaired) electrons. The lowest BCUT2D eigenvalue weighted by Gasteiger charge is -2.21. The highest BCUT2D eigenvalue weighted by Gasteiger charge is 2.39. The van der Waals surface area contributed by atoms with E-state index < -0.39 is 21.0 Å². The minimum atomic E-state index is -3.82. The molecule has 3 aromatic carbocycles. The summed E-state index contributed by atoms with van der Waals surface area (Å²) in [6, 6.07) is 24.9. The molecule has 0 aliphatic carbocycles. The number of hydrogen-bond acceptors (Lipinski definition) is 4. The smallest absolute Gasteiger partial charge is 0.240 e. The summed E-state index contributed by atoms with van der Waals surface area (Å²) in [6.45, 7) is 0.194. The zero-order chi connectivity index (χ0) is 22.6. The van der Waals surface area contributed by atoms with Gasteiger partial charge in [-0.2, -0.15) is 0 Å². The summed E-state index contributed by atoms with van der Waals surface area (Å²) in [5.74, 6) is -0.731. The third-order valence-electron chi connectivity index (χ3n) is 5.55. The number of anilines is 1. The standard InChI is InChI=1S/C25H24N2O4S/c28-24(26-16-15-19-9-3-1-4-10-19)18-27-21-13-7-8-14-22(21)32(30,31)23(17-25(27)29)20-11-5-2-6-12-20/h1-14,23H,15-18H2,(H,26,28)/t23-/m0/s1. The Kier molecular flexibility index (Phi) is 6.37. The van der Waals surface area contributed by atoms with Crippen LogP contribution < -0.4 is 10.2 Å². The third kappa shape index (κ3) is 4.57. The number of para-hydroxylation sites is 1. The highest BCUT2D eigenvalue weighted by molar-refractivity contribution is 7.92. The minimum absolute atomic E-state index is 0.0665. The molecule has 0 saturated heterocycles. The molecular formula is C25H24N2O4S. The van der Waals surface area contributed by atoms with E-state index >= 15 is 0 Å². The van der Waals surface area contributed by atoms with Crippen molar-refractivity contribution in [3.8, 4) is 0 Å². The van der Waals surface area contributed by atoms with E-state index in [0.29, 0.717) is 18.5 Å². The fourth-order valence-electron chi connectivity index (χ4n) is 3.92. The van der Waals surface area contributed by atoms with Crippen LogP contribution in [-0.4, -0.2) is 33.3 Å². The van der Waals surface area contributed by atoms with Gasteiger partial charge in [0.2, 0.25) is 11.8 Å². The van der Waals surface area contributed by atoms with Crippen molar-refractivity contribution in [1.82, 2.24) is 5.32 Å². The molecular weight excluding hydrogens is 424 g/mol. The van der Waals surface area contributed by atoms with Crippen molar-refractivity contribution >= 4 is 27.3 Å². The van der Waals surface area contributed by atoms with E-state index in [1.165, 1.54) is 11.0 Å². The lowest BCUT2D eigenvalue weighted by Crippen LogP contribution is -2.41. The molecule has 32 heavy (non-hydrogen) atoms. The fraction of sp³-hybridized carbons (Fsp3) is 0.200. The number of amides is 2. The maximum Gasteiger partial charge on any atom is 0.240 e. The fourth-order valence-corrected chi connectivity index (χ4v) is 5.84. The van der Waals surface area contributed by atoms with Crippen molar-refractivity contribution in [3.63, 3.8) is 0 Å². The van der Waals surface area contributed by atoms with Gasteiger partial charge < -0.3 is 10.2 Å². The van der Waals surface area contributed by atoms with E-state index in [1.54, 1.807) is 48.5 Å². The van der Waals surface area contributed by atoms with Crippen LogP contribution in [0.4, 0.5) is 5.69 Å². The number of nitrogens with zero attached hydrogens (tertiary/aromatic N) is 1. The second kappa shape index (κ2) is 9.36. The summed E-state index contributed by atoms with van der Waals surface area (Å²) in [7, 11) is -3.82. The van der Waals surface area contributed by atoms with Gasteiger partial charge in [0.05, 0.1) is 15.8 Å². The summed E-state index contributed by atoms with van der Waals surface area (Å²) in [5.41, 5.74) is 1.90. The van der Waals surface area contributed by atoms with Crippen LogP contribution in [0.1, 0.15) is 22.8 Å². The van der Waals surface area contributed by atoms with Gasteiger partial charge in [0, 0.05) is 13.0 Å². The second-order valence-electron chi connectivity index (χ2n) is 7.68. The molecule has 4 rings (SSSR count). The molecule has 0 spiro atoms. The van der Waals surface area contributed by atoms with Crippen LogP contribution >= 0.6 is 0 Å². The summed E-state index contributed by atoms with van der Waals surface area (Å²) >= 11 is 0. The Hall–Kier alpha value is -3.45. The topological polar surface area (TPSA) is 83.6 Å². The number of fused-ring (bicyclic) bond motifs is 1. The van der Waals surface area contributed by atoms with Gasteiger partial charge in [0.1, 0.15) is 6.54 Å². The van der Waals surface area contributed by atoms with Gasteiger partial charge in [-0.25, -0.2) is 8.42 Å². The van der Waals surface area contributed by atoms with Gasteiger partial charge in [-0.15, -0.1) is 0 Å². The molecule has 0 aromatic heterocycles. The second-order valence-corrected chi connectivity index (χ2v) is 9.78. The van der Waals surface area contributed by atoms with E-state index in [9.17, 15) is 18.0 Å². The average Bonchev–Trinajstić information content (AvgIpc) is 2.89. The maximum absolute atomic E-state index is 13.5. The Balaban J connectivity index is 1.56. The molecule has 1 atom stereocenters. The van der Waals surface area contributed by atoms with Crippen LogP contribution in [0.15, 0.2) is 89.8 Å². The van der Waals surface area contributed by atoms with Crippen LogP contribution in [-0.2, 0) is 25.8 Å². The number of hydrogen-bond donors (Lipinski definition) is 1. The van der Waals surface area contributed by atoms with E-state index in [2.05, 4.69) is 5.32 Å². The Morgan fingerprint density at radius 2 is 1.53 bits per heavy atom.